The third kappa shape index (κ3) is 3.54. The molecule has 1 heterocycles. The first-order valence-electron chi connectivity index (χ1n) is 6.73. The number of methoxy groups -OCH3 is 1. The highest BCUT2D eigenvalue weighted by Crippen LogP contribution is 2.24. The fourth-order valence-corrected chi connectivity index (χ4v) is 1.98. The van der Waals surface area contributed by atoms with Crippen LogP contribution in [0, 0.1) is 5.82 Å². The highest BCUT2D eigenvalue weighted by molar-refractivity contribution is 5.64. The van der Waals surface area contributed by atoms with Gasteiger partial charge in [-0.25, -0.2) is 4.39 Å². The summed E-state index contributed by atoms with van der Waals surface area (Å²) < 4.78 is 18.9. The molecule has 0 bridgehead atoms. The molecule has 4 heteroatoms. The minimum Gasteiger partial charge on any atom is -0.495 e. The van der Waals surface area contributed by atoms with Crippen LogP contribution < -0.4 is 10.1 Å². The average molecular weight is 274 g/mol. The first kappa shape index (κ1) is 14.5. The predicted octanol–water partition coefficient (Wildman–Crippen LogP) is 3.40. The van der Waals surface area contributed by atoms with E-state index in [1.807, 2.05) is 12.1 Å². The van der Waals surface area contributed by atoms with Crippen molar-refractivity contribution in [1.82, 2.24) is 10.3 Å². The van der Waals surface area contributed by atoms with Gasteiger partial charge >= 0.3 is 0 Å². The summed E-state index contributed by atoms with van der Waals surface area (Å²) in [6, 6.07) is 7.00. The molecular formula is C16H19FN2O. The summed E-state index contributed by atoms with van der Waals surface area (Å²) in [7, 11) is 1.60. The lowest BCUT2D eigenvalue weighted by molar-refractivity contribution is 0.413. The molecular weight excluding hydrogens is 255 g/mol. The van der Waals surface area contributed by atoms with E-state index < -0.39 is 0 Å². The molecule has 1 aromatic heterocycles. The van der Waals surface area contributed by atoms with E-state index in [4.69, 9.17) is 4.74 Å². The smallest absolute Gasteiger partial charge is 0.137 e. The molecule has 0 aliphatic carbocycles. The van der Waals surface area contributed by atoms with Gasteiger partial charge in [-0.3, -0.25) is 4.98 Å². The van der Waals surface area contributed by atoms with Gasteiger partial charge in [0.05, 0.1) is 13.3 Å². The van der Waals surface area contributed by atoms with Crippen LogP contribution in [0.25, 0.3) is 11.1 Å². The average Bonchev–Trinajstić information content (AvgIpc) is 2.49. The van der Waals surface area contributed by atoms with Crippen LogP contribution >= 0.6 is 0 Å². The van der Waals surface area contributed by atoms with Crippen LogP contribution in [0.5, 0.6) is 5.75 Å². The molecule has 2 rings (SSSR count). The summed E-state index contributed by atoms with van der Waals surface area (Å²) in [4.78, 5) is 4.12. The normalized spacial score (nSPS) is 10.6. The van der Waals surface area contributed by atoms with E-state index in [0.29, 0.717) is 17.9 Å². The molecule has 2 aromatic rings. The molecule has 0 saturated carbocycles. The lowest BCUT2D eigenvalue weighted by Crippen LogP contribution is -2.14. The zero-order chi connectivity index (χ0) is 14.4. The SMILES string of the molecule is CCCNCc1cc(-c2cncc(OC)c2)ccc1F. The van der Waals surface area contributed by atoms with Gasteiger partial charge in [0.1, 0.15) is 11.6 Å². The number of rotatable bonds is 6. The number of hydrogen-bond acceptors (Lipinski definition) is 3. The summed E-state index contributed by atoms with van der Waals surface area (Å²) >= 11 is 0. The van der Waals surface area contributed by atoms with E-state index in [1.165, 1.54) is 6.07 Å². The lowest BCUT2D eigenvalue weighted by Gasteiger charge is -2.09. The molecule has 1 aromatic carbocycles. The van der Waals surface area contributed by atoms with Gasteiger partial charge in [-0.1, -0.05) is 13.0 Å². The molecule has 0 aliphatic heterocycles. The first-order valence-corrected chi connectivity index (χ1v) is 6.73. The molecule has 0 radical (unpaired) electrons. The third-order valence-electron chi connectivity index (χ3n) is 3.07. The van der Waals surface area contributed by atoms with E-state index in [2.05, 4.69) is 17.2 Å². The van der Waals surface area contributed by atoms with E-state index >= 15 is 0 Å². The van der Waals surface area contributed by atoms with Crippen LogP contribution in [-0.4, -0.2) is 18.6 Å². The van der Waals surface area contributed by atoms with Crippen molar-refractivity contribution in [2.45, 2.75) is 19.9 Å². The second-order valence-corrected chi connectivity index (χ2v) is 4.60. The van der Waals surface area contributed by atoms with Gasteiger partial charge in [0.15, 0.2) is 0 Å². The Bertz CT molecular complexity index is 572. The largest absolute Gasteiger partial charge is 0.495 e. The minimum absolute atomic E-state index is 0.187. The van der Waals surface area contributed by atoms with Crippen molar-refractivity contribution in [3.05, 3.63) is 48.0 Å². The number of ether oxygens (including phenoxy) is 1. The maximum Gasteiger partial charge on any atom is 0.137 e. The maximum atomic E-state index is 13.8. The zero-order valence-electron chi connectivity index (χ0n) is 11.8. The van der Waals surface area contributed by atoms with Crippen LogP contribution in [0.2, 0.25) is 0 Å². The van der Waals surface area contributed by atoms with Crippen molar-refractivity contribution >= 4 is 0 Å². The lowest BCUT2D eigenvalue weighted by atomic mass is 10.0. The molecule has 0 aliphatic rings. The van der Waals surface area contributed by atoms with Crippen molar-refractivity contribution in [2.75, 3.05) is 13.7 Å². The summed E-state index contributed by atoms with van der Waals surface area (Å²) in [6.07, 6.45) is 4.43. The molecule has 3 nitrogen and oxygen atoms in total. The van der Waals surface area contributed by atoms with Crippen LogP contribution in [-0.2, 0) is 6.54 Å². The zero-order valence-corrected chi connectivity index (χ0v) is 11.8. The van der Waals surface area contributed by atoms with Crippen molar-refractivity contribution in [3.8, 4) is 16.9 Å². The Balaban J connectivity index is 2.25. The Labute approximate surface area is 118 Å². The Hall–Kier alpha value is -1.94. The fraction of sp³-hybridized carbons (Fsp3) is 0.312. The van der Waals surface area contributed by atoms with Crippen molar-refractivity contribution in [2.24, 2.45) is 0 Å². The van der Waals surface area contributed by atoms with Gasteiger partial charge in [0.25, 0.3) is 0 Å². The third-order valence-corrected chi connectivity index (χ3v) is 3.07. The van der Waals surface area contributed by atoms with E-state index in [0.717, 1.165) is 24.1 Å². The fourth-order valence-electron chi connectivity index (χ4n) is 1.98. The molecule has 20 heavy (non-hydrogen) atoms. The second-order valence-electron chi connectivity index (χ2n) is 4.60. The van der Waals surface area contributed by atoms with Crippen molar-refractivity contribution in [3.63, 3.8) is 0 Å². The van der Waals surface area contributed by atoms with Gasteiger partial charge in [-0.15, -0.1) is 0 Å². The van der Waals surface area contributed by atoms with E-state index in [1.54, 1.807) is 25.6 Å². The van der Waals surface area contributed by atoms with E-state index in [-0.39, 0.29) is 5.82 Å². The highest BCUT2D eigenvalue weighted by atomic mass is 19.1. The Morgan fingerprint density at radius 2 is 2.05 bits per heavy atom. The van der Waals surface area contributed by atoms with Crippen LogP contribution in [0.4, 0.5) is 4.39 Å². The van der Waals surface area contributed by atoms with Crippen molar-refractivity contribution < 1.29 is 9.13 Å². The summed E-state index contributed by atoms with van der Waals surface area (Å²) in [6.45, 7) is 3.50. The number of nitrogens with zero attached hydrogens (tertiary/aromatic N) is 1. The summed E-state index contributed by atoms with van der Waals surface area (Å²) in [5.74, 6) is 0.505. The highest BCUT2D eigenvalue weighted by Gasteiger charge is 2.06. The molecule has 1 N–H and O–H groups in total. The van der Waals surface area contributed by atoms with Gasteiger partial charge < -0.3 is 10.1 Å². The number of halogens is 1. The van der Waals surface area contributed by atoms with Gasteiger partial charge in [-0.05, 0) is 36.7 Å². The Kier molecular flexibility index (Phi) is 5.07. The monoisotopic (exact) mass is 274 g/mol. The second kappa shape index (κ2) is 7.01. The van der Waals surface area contributed by atoms with E-state index in [9.17, 15) is 4.39 Å². The van der Waals surface area contributed by atoms with Crippen molar-refractivity contribution in [1.29, 1.82) is 0 Å². The van der Waals surface area contributed by atoms with Gasteiger partial charge in [-0.2, -0.15) is 0 Å². The number of hydrogen-bond donors (Lipinski definition) is 1. The van der Waals surface area contributed by atoms with Gasteiger partial charge in [0.2, 0.25) is 0 Å². The predicted molar refractivity (Wildman–Crippen MR) is 78.2 cm³/mol. The van der Waals surface area contributed by atoms with Gasteiger partial charge in [0, 0.05) is 23.9 Å². The minimum atomic E-state index is -0.187. The summed E-state index contributed by atoms with van der Waals surface area (Å²) in [5.41, 5.74) is 2.52. The molecule has 0 spiro atoms. The number of pyridine rings is 1. The standard InChI is InChI=1S/C16H19FN2O/c1-3-6-18-10-14-7-12(4-5-16(14)17)13-8-15(20-2)11-19-9-13/h4-5,7-9,11,18H,3,6,10H2,1-2H3. The molecule has 0 saturated heterocycles. The topological polar surface area (TPSA) is 34.2 Å². The quantitative estimate of drug-likeness (QED) is 0.820. The maximum absolute atomic E-state index is 13.8. The van der Waals surface area contributed by atoms with Crippen LogP contribution in [0.3, 0.4) is 0 Å². The molecule has 0 atom stereocenters. The molecule has 0 fully saturated rings. The number of benzene rings is 1. The Morgan fingerprint density at radius 3 is 2.80 bits per heavy atom. The Morgan fingerprint density at radius 1 is 1.20 bits per heavy atom. The van der Waals surface area contributed by atoms with Crippen LogP contribution in [0.15, 0.2) is 36.7 Å². The molecule has 106 valence electrons. The summed E-state index contributed by atoms with van der Waals surface area (Å²) in [5, 5.41) is 3.21. The number of aromatic nitrogens is 1. The molecule has 0 amide bonds. The van der Waals surface area contributed by atoms with Crippen LogP contribution in [0.1, 0.15) is 18.9 Å². The first-order chi connectivity index (χ1) is 9.74. The number of nitrogens with one attached hydrogen (secondary N) is 1. The molecule has 0 unspecified atom stereocenters.